The molecular weight excluding hydrogens is 448 g/mol. The molecule has 2 aromatic rings. The standard InChI is InChI=1S/C27H30N2O6/c1-34-24-11-10-16-13-29(14-21(16)24)26(32)23(12-25(30)31)28-27(33)35-15-22-19-8-4-2-6-17(19)18-7-3-5-9-20(18)22/h2-9,16,21-24H,10-15H2,1H3,(H,28,33)(H,30,31)/t16-,21+,23?,24?/m1/s1. The molecule has 2 unspecified atom stereocenters. The van der Waals surface area contributed by atoms with Crippen molar-refractivity contribution in [1.82, 2.24) is 10.2 Å². The van der Waals surface area contributed by atoms with Gasteiger partial charge in [-0.2, -0.15) is 0 Å². The van der Waals surface area contributed by atoms with Gasteiger partial charge >= 0.3 is 12.1 Å². The Labute approximate surface area is 204 Å². The van der Waals surface area contributed by atoms with Gasteiger partial charge in [0, 0.05) is 32.0 Å². The maximum atomic E-state index is 13.2. The summed E-state index contributed by atoms with van der Waals surface area (Å²) in [6.45, 7) is 1.17. The Morgan fingerprint density at radius 1 is 1.03 bits per heavy atom. The molecule has 184 valence electrons. The van der Waals surface area contributed by atoms with E-state index >= 15 is 0 Å². The van der Waals surface area contributed by atoms with Crippen LogP contribution in [0, 0.1) is 11.8 Å². The predicted octanol–water partition coefficient (Wildman–Crippen LogP) is 3.25. The van der Waals surface area contributed by atoms with E-state index in [1.165, 1.54) is 0 Å². The molecule has 0 spiro atoms. The maximum absolute atomic E-state index is 13.2. The Morgan fingerprint density at radius 2 is 1.69 bits per heavy atom. The molecule has 2 amide bonds. The van der Waals surface area contributed by atoms with E-state index in [0.717, 1.165) is 35.1 Å². The van der Waals surface area contributed by atoms with E-state index in [9.17, 15) is 19.5 Å². The number of aliphatic carboxylic acids is 1. The van der Waals surface area contributed by atoms with Crippen LogP contribution < -0.4 is 5.32 Å². The number of alkyl carbamates (subject to hydrolysis) is 1. The second kappa shape index (κ2) is 9.70. The number of benzene rings is 2. The molecule has 2 N–H and O–H groups in total. The molecule has 2 aromatic carbocycles. The summed E-state index contributed by atoms with van der Waals surface area (Å²) in [6, 6.07) is 14.8. The Hall–Kier alpha value is -3.39. The molecule has 2 aliphatic carbocycles. The molecule has 0 bridgehead atoms. The number of nitrogens with zero attached hydrogens (tertiary/aromatic N) is 1. The van der Waals surface area contributed by atoms with Crippen LogP contribution >= 0.6 is 0 Å². The summed E-state index contributed by atoms with van der Waals surface area (Å²) in [4.78, 5) is 39.0. The van der Waals surface area contributed by atoms with Gasteiger partial charge in [0.1, 0.15) is 12.6 Å². The molecule has 1 saturated heterocycles. The highest BCUT2D eigenvalue weighted by molar-refractivity contribution is 5.89. The predicted molar refractivity (Wildman–Crippen MR) is 128 cm³/mol. The van der Waals surface area contributed by atoms with Gasteiger partial charge in [-0.3, -0.25) is 9.59 Å². The zero-order valence-corrected chi connectivity index (χ0v) is 19.7. The normalized spacial score (nSPS) is 23.3. The Bertz CT molecular complexity index is 1090. The average molecular weight is 479 g/mol. The van der Waals surface area contributed by atoms with Gasteiger partial charge in [-0.25, -0.2) is 4.79 Å². The van der Waals surface area contributed by atoms with Crippen LogP contribution in [-0.2, 0) is 19.1 Å². The summed E-state index contributed by atoms with van der Waals surface area (Å²) in [5, 5.41) is 11.9. The van der Waals surface area contributed by atoms with Crippen molar-refractivity contribution < 1.29 is 29.0 Å². The van der Waals surface area contributed by atoms with E-state index in [4.69, 9.17) is 9.47 Å². The van der Waals surface area contributed by atoms with E-state index < -0.39 is 24.5 Å². The SMILES string of the molecule is COC1CC[C@@H]2CN(C(=O)C(CC(=O)O)NC(=O)OCC3c4ccccc4-c4ccccc43)C[C@H]12. The first-order chi connectivity index (χ1) is 17.0. The van der Waals surface area contributed by atoms with Gasteiger partial charge in [0.15, 0.2) is 0 Å². The zero-order valence-electron chi connectivity index (χ0n) is 19.7. The number of methoxy groups -OCH3 is 1. The highest BCUT2D eigenvalue weighted by atomic mass is 16.5. The fourth-order valence-corrected chi connectivity index (χ4v) is 6.07. The lowest BCUT2D eigenvalue weighted by atomic mass is 9.98. The van der Waals surface area contributed by atoms with E-state index in [1.807, 2.05) is 36.4 Å². The minimum atomic E-state index is -1.18. The van der Waals surface area contributed by atoms with Gasteiger partial charge in [-0.05, 0) is 41.0 Å². The van der Waals surface area contributed by atoms with Gasteiger partial charge in [0.25, 0.3) is 0 Å². The van der Waals surface area contributed by atoms with Crippen LogP contribution in [-0.4, -0.2) is 66.9 Å². The van der Waals surface area contributed by atoms with Crippen LogP contribution in [0.2, 0.25) is 0 Å². The highest BCUT2D eigenvalue weighted by Gasteiger charge is 2.45. The lowest BCUT2D eigenvalue weighted by Gasteiger charge is -2.25. The number of fused-ring (bicyclic) bond motifs is 4. The summed E-state index contributed by atoms with van der Waals surface area (Å²) >= 11 is 0. The molecule has 2 fully saturated rings. The molecule has 1 aliphatic heterocycles. The van der Waals surface area contributed by atoms with Gasteiger partial charge in [-0.1, -0.05) is 48.5 Å². The van der Waals surface area contributed by atoms with Crippen molar-refractivity contribution in [2.45, 2.75) is 37.3 Å². The van der Waals surface area contributed by atoms with Crippen molar-refractivity contribution in [3.63, 3.8) is 0 Å². The highest BCUT2D eigenvalue weighted by Crippen LogP contribution is 2.44. The maximum Gasteiger partial charge on any atom is 0.407 e. The third kappa shape index (κ3) is 4.50. The number of hydrogen-bond acceptors (Lipinski definition) is 5. The molecule has 5 rings (SSSR count). The fraction of sp³-hybridized carbons (Fsp3) is 0.444. The second-order valence-corrected chi connectivity index (χ2v) is 9.64. The van der Waals surface area contributed by atoms with E-state index in [1.54, 1.807) is 12.0 Å². The van der Waals surface area contributed by atoms with Crippen LogP contribution in [0.1, 0.15) is 36.3 Å². The Kier molecular flexibility index (Phi) is 6.47. The molecule has 3 aliphatic rings. The van der Waals surface area contributed by atoms with E-state index in [2.05, 4.69) is 17.4 Å². The number of carbonyl (C=O) groups is 3. The number of ether oxygens (including phenoxy) is 2. The van der Waals surface area contributed by atoms with Crippen molar-refractivity contribution in [3.05, 3.63) is 59.7 Å². The van der Waals surface area contributed by atoms with Crippen LogP contribution in [0.25, 0.3) is 11.1 Å². The third-order valence-electron chi connectivity index (χ3n) is 7.72. The van der Waals surface area contributed by atoms with Gasteiger partial charge in [0.05, 0.1) is 12.5 Å². The van der Waals surface area contributed by atoms with Crippen molar-refractivity contribution in [3.8, 4) is 11.1 Å². The quantitative estimate of drug-likeness (QED) is 0.633. The molecule has 8 nitrogen and oxygen atoms in total. The molecule has 0 radical (unpaired) electrons. The fourth-order valence-electron chi connectivity index (χ4n) is 6.07. The van der Waals surface area contributed by atoms with Gasteiger partial charge in [-0.15, -0.1) is 0 Å². The molecule has 35 heavy (non-hydrogen) atoms. The monoisotopic (exact) mass is 478 g/mol. The molecule has 8 heteroatoms. The van der Waals surface area contributed by atoms with E-state index in [-0.39, 0.29) is 30.5 Å². The summed E-state index contributed by atoms with van der Waals surface area (Å²) in [6.07, 6.45) is 0.787. The van der Waals surface area contributed by atoms with Crippen LogP contribution in [0.5, 0.6) is 0 Å². The van der Waals surface area contributed by atoms with Crippen molar-refractivity contribution in [2.24, 2.45) is 11.8 Å². The number of nitrogens with one attached hydrogen (secondary N) is 1. The number of amides is 2. The minimum Gasteiger partial charge on any atom is -0.481 e. The Balaban J connectivity index is 1.24. The van der Waals surface area contributed by atoms with Crippen molar-refractivity contribution >= 4 is 18.0 Å². The number of rotatable bonds is 7. The van der Waals surface area contributed by atoms with Crippen molar-refractivity contribution in [1.29, 1.82) is 0 Å². The lowest BCUT2D eigenvalue weighted by Crippen LogP contribution is -2.49. The summed E-state index contributed by atoms with van der Waals surface area (Å²) in [7, 11) is 1.68. The third-order valence-corrected chi connectivity index (χ3v) is 7.72. The molecule has 4 atom stereocenters. The smallest absolute Gasteiger partial charge is 0.407 e. The molecular formula is C27H30N2O6. The molecule has 1 saturated carbocycles. The average Bonchev–Trinajstić information content (AvgIpc) is 3.53. The Morgan fingerprint density at radius 3 is 2.31 bits per heavy atom. The number of likely N-dealkylation sites (tertiary alicyclic amines) is 1. The number of carboxylic acids is 1. The second-order valence-electron chi connectivity index (χ2n) is 9.64. The number of carbonyl (C=O) groups excluding carboxylic acids is 2. The van der Waals surface area contributed by atoms with Crippen molar-refractivity contribution in [2.75, 3.05) is 26.8 Å². The van der Waals surface area contributed by atoms with Crippen LogP contribution in [0.15, 0.2) is 48.5 Å². The van der Waals surface area contributed by atoms with E-state index in [0.29, 0.717) is 19.0 Å². The van der Waals surface area contributed by atoms with Crippen LogP contribution in [0.3, 0.4) is 0 Å². The minimum absolute atomic E-state index is 0.0945. The first-order valence-electron chi connectivity index (χ1n) is 12.1. The first-order valence-corrected chi connectivity index (χ1v) is 12.1. The molecule has 1 heterocycles. The number of hydrogen-bond donors (Lipinski definition) is 2. The summed E-state index contributed by atoms with van der Waals surface area (Å²) in [5.41, 5.74) is 4.39. The lowest BCUT2D eigenvalue weighted by molar-refractivity contribution is -0.142. The summed E-state index contributed by atoms with van der Waals surface area (Å²) in [5.74, 6) is -1.06. The number of carboxylic acid groups (broad SMARTS) is 1. The molecule has 0 aromatic heterocycles. The first kappa shape index (κ1) is 23.4. The van der Waals surface area contributed by atoms with Gasteiger partial charge < -0.3 is 24.8 Å². The van der Waals surface area contributed by atoms with Gasteiger partial charge in [0.2, 0.25) is 5.91 Å². The topological polar surface area (TPSA) is 105 Å². The zero-order chi connectivity index (χ0) is 24.5. The summed E-state index contributed by atoms with van der Waals surface area (Å²) < 4.78 is 11.1. The largest absolute Gasteiger partial charge is 0.481 e. The van der Waals surface area contributed by atoms with Crippen LogP contribution in [0.4, 0.5) is 4.79 Å².